The van der Waals surface area contributed by atoms with E-state index in [2.05, 4.69) is 30.0 Å². The molecule has 0 atom stereocenters. The number of rotatable bonds is 3. The molecule has 0 bridgehead atoms. The number of halogens is 3. The summed E-state index contributed by atoms with van der Waals surface area (Å²) in [5.74, 6) is 2.19. The first-order valence-electron chi connectivity index (χ1n) is 10.7. The number of benzene rings is 2. The summed E-state index contributed by atoms with van der Waals surface area (Å²) in [6.45, 7) is 3.14. The van der Waals surface area contributed by atoms with Crippen LogP contribution in [0.4, 0.5) is 24.7 Å². The largest absolute Gasteiger partial charge is 0.454 e. The third-order valence-corrected chi connectivity index (χ3v) is 6.15. The Kier molecular flexibility index (Phi) is 4.71. The van der Waals surface area contributed by atoms with Crippen LogP contribution < -0.4 is 19.3 Å². The normalized spacial score (nSPS) is 15.9. The summed E-state index contributed by atoms with van der Waals surface area (Å²) in [4.78, 5) is 13.2. The zero-order valence-corrected chi connectivity index (χ0v) is 17.8. The van der Waals surface area contributed by atoms with Gasteiger partial charge in [-0.3, -0.25) is 5.10 Å². The third kappa shape index (κ3) is 3.53. The van der Waals surface area contributed by atoms with Gasteiger partial charge in [0, 0.05) is 48.9 Å². The van der Waals surface area contributed by atoms with Crippen LogP contribution in [0.5, 0.6) is 11.5 Å². The molecule has 11 heteroatoms. The minimum Gasteiger partial charge on any atom is -0.454 e. The number of aromatic amines is 1. The number of alkyl halides is 3. The number of piperazine rings is 1. The molecule has 2 aliphatic heterocycles. The molecule has 174 valence electrons. The molecule has 1 fully saturated rings. The Morgan fingerprint density at radius 1 is 0.882 bits per heavy atom. The molecule has 1 saturated heterocycles. The molecule has 0 spiro atoms. The third-order valence-electron chi connectivity index (χ3n) is 6.15. The van der Waals surface area contributed by atoms with E-state index in [1.807, 2.05) is 18.2 Å². The maximum Gasteiger partial charge on any atom is 0.433 e. The highest BCUT2D eigenvalue weighted by Crippen LogP contribution is 2.38. The lowest BCUT2D eigenvalue weighted by atomic mass is 10.0. The number of hydrogen-bond donors (Lipinski definition) is 1. The Labute approximate surface area is 191 Å². The average molecular weight is 468 g/mol. The Hall–Kier alpha value is -4.02. The van der Waals surface area contributed by atoms with E-state index in [0.717, 1.165) is 30.3 Å². The summed E-state index contributed by atoms with van der Waals surface area (Å²) < 4.78 is 51.0. The summed E-state index contributed by atoms with van der Waals surface area (Å²) in [6, 6.07) is 10.9. The lowest BCUT2D eigenvalue weighted by Crippen LogP contribution is -2.46. The van der Waals surface area contributed by atoms with Crippen molar-refractivity contribution in [1.29, 1.82) is 0 Å². The van der Waals surface area contributed by atoms with E-state index < -0.39 is 11.9 Å². The lowest BCUT2D eigenvalue weighted by molar-refractivity contribution is -0.140. The molecule has 0 aliphatic carbocycles. The van der Waals surface area contributed by atoms with Gasteiger partial charge in [0.2, 0.25) is 6.79 Å². The maximum absolute atomic E-state index is 13.4. The summed E-state index contributed by atoms with van der Waals surface area (Å²) in [5.41, 5.74) is 1.26. The molecule has 0 amide bonds. The van der Waals surface area contributed by atoms with E-state index in [1.54, 1.807) is 18.2 Å². The van der Waals surface area contributed by atoms with Crippen LogP contribution in [0.25, 0.3) is 22.0 Å². The van der Waals surface area contributed by atoms with Crippen LogP contribution in [0, 0.1) is 0 Å². The highest BCUT2D eigenvalue weighted by molar-refractivity contribution is 5.93. The second-order valence-corrected chi connectivity index (χ2v) is 8.10. The zero-order valence-electron chi connectivity index (χ0n) is 17.8. The van der Waals surface area contributed by atoms with Crippen molar-refractivity contribution >= 4 is 22.4 Å². The van der Waals surface area contributed by atoms with Gasteiger partial charge >= 0.3 is 6.18 Å². The van der Waals surface area contributed by atoms with Crippen molar-refractivity contribution in [2.75, 3.05) is 42.8 Å². The van der Waals surface area contributed by atoms with Gasteiger partial charge in [-0.05, 0) is 29.8 Å². The van der Waals surface area contributed by atoms with Gasteiger partial charge in [-0.1, -0.05) is 6.07 Å². The predicted molar refractivity (Wildman–Crippen MR) is 119 cm³/mol. The second-order valence-electron chi connectivity index (χ2n) is 8.10. The fourth-order valence-electron chi connectivity index (χ4n) is 4.44. The van der Waals surface area contributed by atoms with Crippen LogP contribution in [-0.4, -0.2) is 53.1 Å². The second kappa shape index (κ2) is 7.79. The van der Waals surface area contributed by atoms with Gasteiger partial charge in [0.1, 0.15) is 17.8 Å². The van der Waals surface area contributed by atoms with Gasteiger partial charge in [-0.25, -0.2) is 9.97 Å². The van der Waals surface area contributed by atoms with Crippen LogP contribution in [0.3, 0.4) is 0 Å². The van der Waals surface area contributed by atoms with Crippen LogP contribution >= 0.6 is 0 Å². The monoisotopic (exact) mass is 468 g/mol. The topological polar surface area (TPSA) is 79.4 Å². The van der Waals surface area contributed by atoms with E-state index in [9.17, 15) is 13.2 Å². The first kappa shape index (κ1) is 20.6. The van der Waals surface area contributed by atoms with Crippen molar-refractivity contribution < 1.29 is 22.6 Å². The van der Waals surface area contributed by atoms with Gasteiger partial charge in [0.05, 0.1) is 11.7 Å². The predicted octanol–water partition coefficient (Wildman–Crippen LogP) is 4.09. The summed E-state index contributed by atoms with van der Waals surface area (Å²) in [7, 11) is 0. The summed E-state index contributed by atoms with van der Waals surface area (Å²) in [6.07, 6.45) is -1.85. The molecule has 8 nitrogen and oxygen atoms in total. The van der Waals surface area contributed by atoms with E-state index in [0.29, 0.717) is 35.4 Å². The van der Waals surface area contributed by atoms with Gasteiger partial charge in [-0.2, -0.15) is 18.3 Å². The highest BCUT2D eigenvalue weighted by atomic mass is 19.4. The molecular formula is C23H19F3N6O2. The van der Waals surface area contributed by atoms with Gasteiger partial charge in [0.25, 0.3) is 0 Å². The molecule has 2 aliphatic rings. The smallest absolute Gasteiger partial charge is 0.433 e. The first-order valence-corrected chi connectivity index (χ1v) is 10.7. The molecule has 0 radical (unpaired) electrons. The first-order chi connectivity index (χ1) is 16.5. The molecule has 6 rings (SSSR count). The number of nitrogens with one attached hydrogen (secondary N) is 1. The van der Waals surface area contributed by atoms with E-state index in [4.69, 9.17) is 9.47 Å². The van der Waals surface area contributed by atoms with Gasteiger partial charge < -0.3 is 19.3 Å². The molecular weight excluding hydrogens is 449 g/mol. The van der Waals surface area contributed by atoms with E-state index >= 15 is 0 Å². The number of aromatic nitrogens is 4. The molecule has 34 heavy (non-hydrogen) atoms. The fraction of sp³-hybridized carbons (Fsp3) is 0.261. The summed E-state index contributed by atoms with van der Waals surface area (Å²) in [5, 5.41) is 6.37. The minimum atomic E-state index is -4.53. The Bertz CT molecular complexity index is 1360. The van der Waals surface area contributed by atoms with Crippen LogP contribution in [0.2, 0.25) is 0 Å². The quantitative estimate of drug-likeness (QED) is 0.485. The van der Waals surface area contributed by atoms with Crippen molar-refractivity contribution in [3.05, 3.63) is 54.6 Å². The number of H-pyrrole nitrogens is 1. The van der Waals surface area contributed by atoms with Crippen LogP contribution in [0.1, 0.15) is 5.69 Å². The molecule has 2 aromatic carbocycles. The number of ether oxygens (including phenoxy) is 2. The highest BCUT2D eigenvalue weighted by Gasteiger charge is 2.36. The van der Waals surface area contributed by atoms with Crippen molar-refractivity contribution in [3.63, 3.8) is 0 Å². The standard InChI is InChI=1S/C23H19F3N6O2/c24-23(25,26)21-17(11-29-30-21)14-1-3-18-16(9-14)22(28-12-27-18)32-7-5-31(6-8-32)15-2-4-19-20(10-15)34-13-33-19/h1-4,9-12H,5-8,13H2,(H,29,30). The van der Waals surface area contributed by atoms with Gasteiger partial charge in [-0.15, -0.1) is 0 Å². The van der Waals surface area contributed by atoms with Crippen molar-refractivity contribution in [3.8, 4) is 22.6 Å². The number of anilines is 2. The molecule has 1 N–H and O–H groups in total. The Morgan fingerprint density at radius 3 is 2.50 bits per heavy atom. The van der Waals surface area contributed by atoms with E-state index in [-0.39, 0.29) is 12.4 Å². The summed E-state index contributed by atoms with van der Waals surface area (Å²) >= 11 is 0. The Balaban J connectivity index is 1.28. The molecule has 0 unspecified atom stereocenters. The maximum atomic E-state index is 13.4. The number of nitrogens with zero attached hydrogens (tertiary/aromatic N) is 5. The molecule has 0 saturated carbocycles. The van der Waals surface area contributed by atoms with Crippen molar-refractivity contribution in [2.24, 2.45) is 0 Å². The van der Waals surface area contributed by atoms with Gasteiger partial charge in [0.15, 0.2) is 11.5 Å². The fourth-order valence-corrected chi connectivity index (χ4v) is 4.44. The zero-order chi connectivity index (χ0) is 23.3. The lowest BCUT2D eigenvalue weighted by Gasteiger charge is -2.37. The number of fused-ring (bicyclic) bond motifs is 2. The SMILES string of the molecule is FC(F)(F)c1[nH]ncc1-c1ccc2ncnc(N3CCN(c4ccc5c(c4)OCO5)CC3)c2c1. The van der Waals surface area contributed by atoms with Crippen molar-refractivity contribution in [1.82, 2.24) is 20.2 Å². The molecule has 4 aromatic rings. The minimum absolute atomic E-state index is 0.00293. The van der Waals surface area contributed by atoms with Crippen LogP contribution in [-0.2, 0) is 6.18 Å². The average Bonchev–Trinajstić information content (AvgIpc) is 3.53. The molecule has 2 aromatic heterocycles. The Morgan fingerprint density at radius 2 is 1.68 bits per heavy atom. The number of hydrogen-bond acceptors (Lipinski definition) is 7. The van der Waals surface area contributed by atoms with Crippen LogP contribution in [0.15, 0.2) is 48.9 Å². The molecule has 4 heterocycles. The van der Waals surface area contributed by atoms with E-state index in [1.165, 1.54) is 12.5 Å². The van der Waals surface area contributed by atoms with Crippen molar-refractivity contribution in [2.45, 2.75) is 6.18 Å².